The molecule has 0 bridgehead atoms. The molecule has 1 aromatic carbocycles. The smallest absolute Gasteiger partial charge is 0.334 e. The van der Waals surface area contributed by atoms with Crippen molar-refractivity contribution in [2.45, 2.75) is 65.3 Å². The summed E-state index contributed by atoms with van der Waals surface area (Å²) in [5.41, 5.74) is 1.66. The molecule has 7 nitrogen and oxygen atoms in total. The number of carbonyl (C=O) groups excluding carboxylic acids is 1. The first-order valence-electron chi connectivity index (χ1n) is 12.5. The normalized spacial score (nSPS) is 15.4. The summed E-state index contributed by atoms with van der Waals surface area (Å²) >= 11 is 0. The summed E-state index contributed by atoms with van der Waals surface area (Å²) in [5, 5.41) is 15.6. The van der Waals surface area contributed by atoms with E-state index in [9.17, 15) is 14.7 Å². The summed E-state index contributed by atoms with van der Waals surface area (Å²) in [6.07, 6.45) is 7.77. The molecule has 0 amide bonds. The number of carboxylic acids is 1. The molecule has 36 heavy (non-hydrogen) atoms. The third-order valence-electron chi connectivity index (χ3n) is 6.66. The Morgan fingerprint density at radius 1 is 1.19 bits per heavy atom. The maximum Gasteiger partial charge on any atom is 0.334 e. The minimum absolute atomic E-state index is 0.102. The molecule has 1 aliphatic carbocycles. The van der Waals surface area contributed by atoms with Crippen molar-refractivity contribution in [3.05, 3.63) is 71.3 Å². The van der Waals surface area contributed by atoms with Crippen molar-refractivity contribution in [3.63, 3.8) is 0 Å². The van der Waals surface area contributed by atoms with Crippen molar-refractivity contribution < 1.29 is 19.4 Å². The van der Waals surface area contributed by atoms with Crippen LogP contribution in [0.2, 0.25) is 0 Å². The summed E-state index contributed by atoms with van der Waals surface area (Å²) in [6, 6.07) is 9.04. The van der Waals surface area contributed by atoms with Gasteiger partial charge in [-0.3, -0.25) is 9.78 Å². The molecule has 1 aliphatic rings. The van der Waals surface area contributed by atoms with Gasteiger partial charge >= 0.3 is 5.97 Å². The fraction of sp³-hybridized carbons (Fsp3) is 0.379. The van der Waals surface area contributed by atoms with Crippen LogP contribution in [-0.4, -0.2) is 26.8 Å². The number of nitrogens with one attached hydrogen (secondary N) is 1. The topological polar surface area (TPSA) is 101 Å². The van der Waals surface area contributed by atoms with E-state index in [1.54, 1.807) is 42.9 Å². The Bertz CT molecular complexity index is 1330. The SMILES string of the molecule is CCCC(NC1=C(CC(C)C)C(=O)CC1)(C(=O)O)c1cccc(Oc2ncc(C)c3ccncc23)c1. The second-order valence-electron chi connectivity index (χ2n) is 9.86. The summed E-state index contributed by atoms with van der Waals surface area (Å²) in [7, 11) is 0. The van der Waals surface area contributed by atoms with E-state index in [0.29, 0.717) is 55.2 Å². The van der Waals surface area contributed by atoms with Gasteiger partial charge in [-0.05, 0) is 66.8 Å². The van der Waals surface area contributed by atoms with Crippen molar-refractivity contribution >= 4 is 22.5 Å². The number of ketones is 1. The second-order valence-corrected chi connectivity index (χ2v) is 9.86. The van der Waals surface area contributed by atoms with Gasteiger partial charge in [-0.1, -0.05) is 39.3 Å². The molecule has 0 fully saturated rings. The largest absolute Gasteiger partial charge is 0.479 e. The van der Waals surface area contributed by atoms with Gasteiger partial charge in [0.1, 0.15) is 5.75 Å². The minimum Gasteiger partial charge on any atom is -0.479 e. The average Bonchev–Trinajstić information content (AvgIpc) is 3.19. The highest BCUT2D eigenvalue weighted by Crippen LogP contribution is 2.36. The van der Waals surface area contributed by atoms with E-state index in [1.807, 2.05) is 19.9 Å². The first-order chi connectivity index (χ1) is 17.2. The van der Waals surface area contributed by atoms with Gasteiger partial charge in [0, 0.05) is 36.3 Å². The van der Waals surface area contributed by atoms with Crippen LogP contribution in [0.1, 0.15) is 64.0 Å². The highest BCUT2D eigenvalue weighted by atomic mass is 16.5. The average molecular weight is 488 g/mol. The molecule has 2 aromatic heterocycles. The van der Waals surface area contributed by atoms with E-state index in [0.717, 1.165) is 27.6 Å². The lowest BCUT2D eigenvalue weighted by molar-refractivity contribution is -0.145. The maximum atomic E-state index is 12.9. The van der Waals surface area contributed by atoms with Crippen molar-refractivity contribution in [2.75, 3.05) is 0 Å². The fourth-order valence-corrected chi connectivity index (χ4v) is 4.91. The molecule has 0 saturated heterocycles. The number of benzene rings is 1. The van der Waals surface area contributed by atoms with Gasteiger partial charge in [0.15, 0.2) is 11.3 Å². The molecule has 2 N–H and O–H groups in total. The lowest BCUT2D eigenvalue weighted by Gasteiger charge is -2.33. The molecule has 1 atom stereocenters. The first-order valence-corrected chi connectivity index (χ1v) is 12.5. The number of Topliss-reactive ketones (excluding diaryl/α,β-unsaturated/α-hetero) is 1. The summed E-state index contributed by atoms with van der Waals surface area (Å²) < 4.78 is 6.16. The zero-order valence-electron chi connectivity index (χ0n) is 21.3. The van der Waals surface area contributed by atoms with Gasteiger partial charge in [-0.25, -0.2) is 9.78 Å². The summed E-state index contributed by atoms with van der Waals surface area (Å²) in [5.74, 6) is 0.308. The highest BCUT2D eigenvalue weighted by Gasteiger charge is 2.42. The van der Waals surface area contributed by atoms with E-state index >= 15 is 0 Å². The lowest BCUT2D eigenvalue weighted by Crippen LogP contribution is -2.48. The standard InChI is InChI=1S/C29H33N3O4/c1-5-12-29(28(34)35,32-25-9-10-26(33)23(25)14-18(2)3)20-7-6-8-21(15-20)36-27-24-17-30-13-11-22(24)19(4)16-31-27/h6-8,11,13,15-18,32H,5,9-10,12,14H2,1-4H3,(H,34,35). The van der Waals surface area contributed by atoms with Crippen LogP contribution in [0, 0.1) is 12.8 Å². The summed E-state index contributed by atoms with van der Waals surface area (Å²) in [4.78, 5) is 34.1. The lowest BCUT2D eigenvalue weighted by atomic mass is 9.84. The Labute approximate surface area is 211 Å². The maximum absolute atomic E-state index is 12.9. The Morgan fingerprint density at radius 3 is 2.72 bits per heavy atom. The quantitative estimate of drug-likeness (QED) is 0.358. The van der Waals surface area contributed by atoms with Crippen molar-refractivity contribution in [3.8, 4) is 11.6 Å². The number of ether oxygens (including phenoxy) is 1. The third kappa shape index (κ3) is 4.96. The molecule has 0 aliphatic heterocycles. The number of fused-ring (bicyclic) bond motifs is 1. The number of aryl methyl sites for hydroxylation is 1. The highest BCUT2D eigenvalue weighted by molar-refractivity contribution is 5.99. The molecule has 0 radical (unpaired) electrons. The van der Waals surface area contributed by atoms with Crippen molar-refractivity contribution in [1.82, 2.24) is 15.3 Å². The molecule has 0 spiro atoms. The van der Waals surface area contributed by atoms with Crippen LogP contribution >= 0.6 is 0 Å². The van der Waals surface area contributed by atoms with Crippen LogP contribution in [0.15, 0.2) is 60.2 Å². The third-order valence-corrected chi connectivity index (χ3v) is 6.66. The number of carbonyl (C=O) groups is 2. The van der Waals surface area contributed by atoms with E-state index in [4.69, 9.17) is 4.74 Å². The predicted octanol–water partition coefficient (Wildman–Crippen LogP) is 6.06. The number of pyridine rings is 2. The molecule has 1 unspecified atom stereocenters. The van der Waals surface area contributed by atoms with E-state index in [-0.39, 0.29) is 5.78 Å². The van der Waals surface area contributed by atoms with Gasteiger partial charge in [-0.2, -0.15) is 0 Å². The van der Waals surface area contributed by atoms with Crippen LogP contribution in [0.4, 0.5) is 0 Å². The number of hydrogen-bond donors (Lipinski definition) is 2. The number of carboxylic acid groups (broad SMARTS) is 1. The number of allylic oxidation sites excluding steroid dienone is 2. The van der Waals surface area contributed by atoms with Gasteiger partial charge in [0.25, 0.3) is 0 Å². The monoisotopic (exact) mass is 487 g/mol. The molecular weight excluding hydrogens is 454 g/mol. The zero-order chi connectivity index (χ0) is 25.9. The Morgan fingerprint density at radius 2 is 2.00 bits per heavy atom. The molecule has 3 aromatic rings. The number of hydrogen-bond acceptors (Lipinski definition) is 6. The minimum atomic E-state index is -1.39. The van der Waals surface area contributed by atoms with Crippen LogP contribution in [0.3, 0.4) is 0 Å². The van der Waals surface area contributed by atoms with Crippen LogP contribution < -0.4 is 10.1 Å². The molecule has 2 heterocycles. The Balaban J connectivity index is 1.75. The first kappa shape index (κ1) is 25.4. The summed E-state index contributed by atoms with van der Waals surface area (Å²) in [6.45, 7) is 8.06. The fourth-order valence-electron chi connectivity index (χ4n) is 4.91. The van der Waals surface area contributed by atoms with Crippen molar-refractivity contribution in [1.29, 1.82) is 0 Å². The molecule has 4 rings (SSSR count). The molecule has 188 valence electrons. The number of nitrogens with zero attached hydrogens (tertiary/aromatic N) is 2. The Hall–Kier alpha value is -3.74. The predicted molar refractivity (Wildman–Crippen MR) is 139 cm³/mol. The van der Waals surface area contributed by atoms with Gasteiger partial charge in [-0.15, -0.1) is 0 Å². The van der Waals surface area contributed by atoms with Gasteiger partial charge in [0.05, 0.1) is 5.39 Å². The second kappa shape index (κ2) is 10.5. The van der Waals surface area contributed by atoms with Gasteiger partial charge < -0.3 is 15.2 Å². The van der Waals surface area contributed by atoms with E-state index < -0.39 is 11.5 Å². The van der Waals surface area contributed by atoms with Crippen molar-refractivity contribution in [2.24, 2.45) is 5.92 Å². The van der Waals surface area contributed by atoms with E-state index in [2.05, 4.69) is 29.1 Å². The molecule has 7 heteroatoms. The number of aliphatic carboxylic acids is 1. The number of rotatable bonds is 10. The van der Waals surface area contributed by atoms with E-state index in [1.165, 1.54) is 0 Å². The molecular formula is C29H33N3O4. The van der Waals surface area contributed by atoms with Gasteiger partial charge in [0.2, 0.25) is 5.88 Å². The zero-order valence-corrected chi connectivity index (χ0v) is 21.3. The van der Waals surface area contributed by atoms with Crippen LogP contribution in [-0.2, 0) is 15.1 Å². The van der Waals surface area contributed by atoms with Crippen LogP contribution in [0.5, 0.6) is 11.6 Å². The molecule has 0 saturated carbocycles. The Kier molecular flexibility index (Phi) is 7.38. The number of aromatic nitrogens is 2. The van der Waals surface area contributed by atoms with Crippen LogP contribution in [0.25, 0.3) is 10.8 Å².